The minimum absolute atomic E-state index is 0.161. The highest BCUT2D eigenvalue weighted by Crippen LogP contribution is 2.53. The number of unbranched alkanes of at least 4 members (excludes halogenated alkanes) is 4. The monoisotopic (exact) mass is 921 g/mol. The van der Waals surface area contributed by atoms with Crippen molar-refractivity contribution in [3.8, 4) is 0 Å². The van der Waals surface area contributed by atoms with Gasteiger partial charge in [0, 0.05) is 93.0 Å². The Hall–Kier alpha value is -4.04. The van der Waals surface area contributed by atoms with Crippen LogP contribution in [0.15, 0.2) is 66.9 Å². The Labute approximate surface area is 388 Å². The van der Waals surface area contributed by atoms with Gasteiger partial charge in [-0.2, -0.15) is 0 Å². The highest BCUT2D eigenvalue weighted by molar-refractivity contribution is 7.97. The summed E-state index contributed by atoms with van der Waals surface area (Å²) in [5, 5.41) is 11.3. The first-order valence-electron chi connectivity index (χ1n) is 22.5. The molecule has 3 saturated heterocycles. The zero-order valence-electron chi connectivity index (χ0n) is 37.3. The molecule has 2 aromatic carbocycles. The average molecular weight is 923 g/mol. The highest BCUT2D eigenvalue weighted by Gasteiger charge is 2.54. The van der Waals surface area contributed by atoms with Crippen LogP contribution in [0.3, 0.4) is 0 Å². The number of hydrogen-bond donors (Lipinski definition) is 2. The van der Waals surface area contributed by atoms with E-state index in [0.29, 0.717) is 80.1 Å². The number of rotatable bonds is 17. The van der Waals surface area contributed by atoms with Gasteiger partial charge in [-0.25, -0.2) is 9.29 Å². The predicted octanol–water partition coefficient (Wildman–Crippen LogP) is 8.80. The summed E-state index contributed by atoms with van der Waals surface area (Å²) in [6.45, 7) is 13.9. The molecule has 0 bridgehead atoms. The van der Waals surface area contributed by atoms with Crippen LogP contribution in [0.2, 0.25) is 10.0 Å². The van der Waals surface area contributed by atoms with Crippen molar-refractivity contribution in [3.63, 3.8) is 0 Å². The van der Waals surface area contributed by atoms with Crippen LogP contribution in [-0.2, 0) is 19.2 Å². The number of anilines is 2. The molecule has 3 N–H and O–H groups in total. The molecule has 6 rings (SSSR count). The molecular formula is C48H65Cl2N7O5S. The molecule has 0 spiro atoms. The van der Waals surface area contributed by atoms with Crippen molar-refractivity contribution in [2.24, 2.45) is 10.8 Å². The lowest BCUT2D eigenvalue weighted by atomic mass is 9.66. The number of carbonyl (C=O) groups is 4. The molecule has 4 atom stereocenters. The van der Waals surface area contributed by atoms with E-state index in [0.717, 1.165) is 62.0 Å². The minimum Gasteiger partial charge on any atom is -0.481 e. The van der Waals surface area contributed by atoms with Gasteiger partial charge < -0.3 is 30.4 Å². The number of hydrogen-bond acceptors (Lipinski definition) is 9. The van der Waals surface area contributed by atoms with E-state index < -0.39 is 11.4 Å². The number of nitrogens with zero attached hydrogens (tertiary/aromatic N) is 6. The first-order valence-corrected chi connectivity index (χ1v) is 24.2. The van der Waals surface area contributed by atoms with Crippen molar-refractivity contribution in [3.05, 3.63) is 88.0 Å². The standard InChI is InChI=1S/C48H65Cl2N7O5S/c1-47(2,3)40(57-45(34-15-17-36(49)18-16-34)39(35-11-10-12-37(50)29-35)30-48(4,46(57)62)31-44(60)61)33-63-56-27-25-55(26-28-56)43(59)14-9-7-5-6-8-13-42(58)54-23-21-53(22-24-54)38-19-20-41(51)52-32-38/h10-12,15-20,29,32,39-40,45H,5-9,13-14,21-28,30-31,33H2,1-4H3,(H2,51,52)(H,60,61)/t39-,40-,45-,48-/m1/s1. The van der Waals surface area contributed by atoms with Crippen molar-refractivity contribution < 1.29 is 24.3 Å². The van der Waals surface area contributed by atoms with Crippen molar-refractivity contribution >= 4 is 70.3 Å². The SMILES string of the molecule is CC(C)(C)[C@@H](CSN1CCN(C(=O)CCCCCCCC(=O)N2CCN(c3ccc(N)nc3)CC2)CC1)N1C(=O)[C@@](C)(CC(=O)O)C[C@H](c2cccc(Cl)c2)[C@H]1c1ccc(Cl)cc1. The zero-order chi connectivity index (χ0) is 45.3. The second kappa shape index (κ2) is 21.8. The van der Waals surface area contributed by atoms with Crippen molar-refractivity contribution in [2.45, 2.75) is 103 Å². The molecule has 3 aliphatic heterocycles. The van der Waals surface area contributed by atoms with E-state index in [9.17, 15) is 24.3 Å². The van der Waals surface area contributed by atoms with E-state index in [1.165, 1.54) is 0 Å². The van der Waals surface area contributed by atoms with Crippen LogP contribution in [0.4, 0.5) is 11.5 Å². The molecule has 3 aromatic rings. The van der Waals surface area contributed by atoms with E-state index in [1.54, 1.807) is 31.1 Å². The number of likely N-dealkylation sites (tertiary alicyclic amines) is 1. The highest BCUT2D eigenvalue weighted by atomic mass is 35.5. The van der Waals surface area contributed by atoms with Crippen molar-refractivity contribution in [1.29, 1.82) is 0 Å². The Bertz CT molecular complexity index is 2020. The van der Waals surface area contributed by atoms with Crippen molar-refractivity contribution in [2.75, 3.05) is 68.7 Å². The van der Waals surface area contributed by atoms with Gasteiger partial charge in [0.25, 0.3) is 0 Å². The summed E-state index contributed by atoms with van der Waals surface area (Å²) in [6, 6.07) is 18.5. The van der Waals surface area contributed by atoms with Gasteiger partial charge in [-0.3, -0.25) is 19.2 Å². The van der Waals surface area contributed by atoms with Crippen LogP contribution in [0.5, 0.6) is 0 Å². The smallest absolute Gasteiger partial charge is 0.304 e. The fourth-order valence-corrected chi connectivity index (χ4v) is 11.2. The summed E-state index contributed by atoms with van der Waals surface area (Å²) >= 11 is 14.6. The first-order chi connectivity index (χ1) is 30.0. The topological polar surface area (TPSA) is 144 Å². The third kappa shape index (κ3) is 12.8. The quantitative estimate of drug-likeness (QED) is 0.0997. The number of carboxylic acids is 1. The minimum atomic E-state index is -1.14. The summed E-state index contributed by atoms with van der Waals surface area (Å²) in [5.74, 6) is 0.116. The molecule has 63 heavy (non-hydrogen) atoms. The summed E-state index contributed by atoms with van der Waals surface area (Å²) in [5.41, 5.74) is 7.13. The number of nitrogens with two attached hydrogens (primary N) is 1. The Morgan fingerprint density at radius 3 is 1.98 bits per heavy atom. The molecule has 3 fully saturated rings. The molecule has 1 aromatic heterocycles. The van der Waals surface area contributed by atoms with Crippen LogP contribution < -0.4 is 10.6 Å². The Morgan fingerprint density at radius 1 is 0.825 bits per heavy atom. The number of aliphatic carboxylic acids is 1. The Balaban J connectivity index is 0.984. The van der Waals surface area contributed by atoms with Gasteiger partial charge in [-0.05, 0) is 72.2 Å². The van der Waals surface area contributed by atoms with Gasteiger partial charge >= 0.3 is 5.97 Å². The molecule has 3 amide bonds. The molecule has 3 aliphatic rings. The summed E-state index contributed by atoms with van der Waals surface area (Å²) < 4.78 is 2.30. The molecular weight excluding hydrogens is 858 g/mol. The number of nitrogen functional groups attached to an aromatic ring is 1. The number of piperidine rings is 1. The summed E-state index contributed by atoms with van der Waals surface area (Å²) in [4.78, 5) is 65.8. The summed E-state index contributed by atoms with van der Waals surface area (Å²) in [7, 11) is 0. The normalized spacial score (nSPS) is 21.7. The molecule has 0 unspecified atom stereocenters. The lowest BCUT2D eigenvalue weighted by Gasteiger charge is -2.54. The van der Waals surface area contributed by atoms with Gasteiger partial charge in [-0.1, -0.05) is 106 Å². The fourth-order valence-electron chi connectivity index (χ4n) is 9.41. The van der Waals surface area contributed by atoms with Crippen LogP contribution in [0.25, 0.3) is 0 Å². The lowest BCUT2D eigenvalue weighted by molar-refractivity contribution is -0.162. The van der Waals surface area contributed by atoms with Gasteiger partial charge in [0.1, 0.15) is 5.82 Å². The van der Waals surface area contributed by atoms with Crippen LogP contribution in [0.1, 0.15) is 109 Å². The maximum atomic E-state index is 15.0. The predicted molar refractivity (Wildman–Crippen MR) is 254 cm³/mol. The third-order valence-corrected chi connectivity index (χ3v) is 14.7. The molecule has 15 heteroatoms. The fraction of sp³-hybridized carbons (Fsp3) is 0.562. The molecule has 4 heterocycles. The third-order valence-electron chi connectivity index (χ3n) is 13.0. The molecule has 12 nitrogen and oxygen atoms in total. The second-order valence-corrected chi connectivity index (χ2v) is 20.8. The number of carbonyl (C=O) groups excluding carboxylic acids is 3. The number of halogens is 2. The summed E-state index contributed by atoms with van der Waals surface area (Å²) in [6.07, 6.45) is 7.60. The van der Waals surface area contributed by atoms with Gasteiger partial charge in [0.05, 0.1) is 29.8 Å². The van der Waals surface area contributed by atoms with Gasteiger partial charge in [-0.15, -0.1) is 0 Å². The van der Waals surface area contributed by atoms with E-state index >= 15 is 0 Å². The average Bonchev–Trinajstić information content (AvgIpc) is 3.25. The molecule has 0 saturated carbocycles. The van der Waals surface area contributed by atoms with E-state index in [1.807, 2.05) is 69.3 Å². The molecule has 0 aliphatic carbocycles. The van der Waals surface area contributed by atoms with Crippen LogP contribution in [0, 0.1) is 10.8 Å². The number of pyridine rings is 1. The zero-order valence-corrected chi connectivity index (χ0v) is 39.6. The van der Waals surface area contributed by atoms with E-state index in [2.05, 4.69) is 35.0 Å². The second-order valence-electron chi connectivity index (χ2n) is 18.8. The van der Waals surface area contributed by atoms with Crippen LogP contribution in [-0.4, -0.2) is 117 Å². The number of aromatic nitrogens is 1. The van der Waals surface area contributed by atoms with Gasteiger partial charge in [0.2, 0.25) is 17.7 Å². The Kier molecular flexibility index (Phi) is 16.7. The molecule has 0 radical (unpaired) electrons. The van der Waals surface area contributed by atoms with E-state index in [4.69, 9.17) is 28.9 Å². The lowest BCUT2D eigenvalue weighted by Crippen LogP contribution is -2.60. The first kappa shape index (κ1) is 48.4. The number of amides is 3. The van der Waals surface area contributed by atoms with Crippen LogP contribution >= 0.6 is 35.1 Å². The largest absolute Gasteiger partial charge is 0.481 e. The Morgan fingerprint density at radius 2 is 1.43 bits per heavy atom. The maximum Gasteiger partial charge on any atom is 0.304 e. The maximum absolute atomic E-state index is 15.0. The molecule has 342 valence electrons. The van der Waals surface area contributed by atoms with E-state index in [-0.39, 0.29) is 47.6 Å². The van der Waals surface area contributed by atoms with Gasteiger partial charge in [0.15, 0.2) is 0 Å². The number of piperazine rings is 2. The van der Waals surface area contributed by atoms with Crippen molar-refractivity contribution in [1.82, 2.24) is 24.0 Å². The number of carboxylic acid groups (broad SMARTS) is 1. The number of benzene rings is 2.